The molecular formula is C13H13ClN2O4S. The van der Waals surface area contributed by atoms with E-state index in [-0.39, 0.29) is 29.3 Å². The first-order valence-corrected chi connectivity index (χ1v) is 8.40. The van der Waals surface area contributed by atoms with Crippen LogP contribution in [-0.2, 0) is 13.8 Å². The molecule has 1 N–H and O–H groups in total. The van der Waals surface area contributed by atoms with Gasteiger partial charge in [0.1, 0.15) is 10.6 Å². The van der Waals surface area contributed by atoms with Crippen LogP contribution in [-0.4, -0.2) is 33.0 Å². The topological polar surface area (TPSA) is 85.4 Å². The Bertz CT molecular complexity index is 777. The number of carbonyl (C=O) groups excluding carboxylic acids is 1. The third-order valence-electron chi connectivity index (χ3n) is 2.82. The second-order valence-corrected chi connectivity index (χ2v) is 6.71. The minimum atomic E-state index is -3.89. The number of ether oxygens (including phenoxy) is 1. The lowest BCUT2D eigenvalue weighted by Gasteiger charge is -2.10. The normalized spacial score (nSPS) is 11.3. The molecule has 2 rings (SSSR count). The van der Waals surface area contributed by atoms with E-state index in [0.717, 1.165) is 0 Å². The summed E-state index contributed by atoms with van der Waals surface area (Å²) >= 11 is 0. The highest BCUT2D eigenvalue weighted by molar-refractivity contribution is 8.14. The van der Waals surface area contributed by atoms with E-state index in [4.69, 9.17) is 15.4 Å². The molecule has 0 bridgehead atoms. The Balaban J connectivity index is 2.37. The van der Waals surface area contributed by atoms with Gasteiger partial charge in [-0.3, -0.25) is 9.78 Å². The Labute approximate surface area is 126 Å². The van der Waals surface area contributed by atoms with Crippen molar-refractivity contribution in [3.05, 3.63) is 30.5 Å². The number of hydrogen-bond donors (Lipinski definition) is 1. The van der Waals surface area contributed by atoms with Gasteiger partial charge in [0, 0.05) is 29.3 Å². The molecule has 21 heavy (non-hydrogen) atoms. The number of benzene rings is 1. The molecule has 0 radical (unpaired) electrons. The zero-order valence-corrected chi connectivity index (χ0v) is 12.7. The second kappa shape index (κ2) is 6.28. The van der Waals surface area contributed by atoms with E-state index in [1.54, 1.807) is 19.2 Å². The van der Waals surface area contributed by atoms with E-state index in [1.807, 2.05) is 0 Å². The molecule has 2 aromatic rings. The number of pyridine rings is 1. The average molecular weight is 329 g/mol. The summed E-state index contributed by atoms with van der Waals surface area (Å²) < 4.78 is 28.6. The van der Waals surface area contributed by atoms with Crippen LogP contribution in [0.15, 0.2) is 35.4 Å². The summed E-state index contributed by atoms with van der Waals surface area (Å²) in [6.07, 6.45) is 1.68. The number of nitrogens with zero attached hydrogens (tertiary/aromatic N) is 1. The number of rotatable bonds is 5. The van der Waals surface area contributed by atoms with Gasteiger partial charge in [0.25, 0.3) is 9.05 Å². The Hall–Kier alpha value is -1.86. The van der Waals surface area contributed by atoms with Gasteiger partial charge < -0.3 is 10.1 Å². The monoisotopic (exact) mass is 328 g/mol. The predicted molar refractivity (Wildman–Crippen MR) is 79.0 cm³/mol. The molecule has 0 aliphatic rings. The van der Waals surface area contributed by atoms with Crippen molar-refractivity contribution in [1.29, 1.82) is 0 Å². The van der Waals surface area contributed by atoms with E-state index in [1.165, 1.54) is 18.3 Å². The van der Waals surface area contributed by atoms with Gasteiger partial charge in [-0.25, -0.2) is 8.42 Å². The smallest absolute Gasteiger partial charge is 0.263 e. The molecule has 0 fully saturated rings. The minimum absolute atomic E-state index is 0.0709. The first-order chi connectivity index (χ1) is 9.93. The quantitative estimate of drug-likeness (QED) is 0.844. The molecule has 0 saturated carbocycles. The van der Waals surface area contributed by atoms with Crippen LogP contribution >= 0.6 is 10.7 Å². The van der Waals surface area contributed by atoms with E-state index < -0.39 is 9.05 Å². The fourth-order valence-electron chi connectivity index (χ4n) is 1.82. The molecular weight excluding hydrogens is 316 g/mol. The van der Waals surface area contributed by atoms with Crippen LogP contribution in [0.25, 0.3) is 10.9 Å². The average Bonchev–Trinajstić information content (AvgIpc) is 2.45. The third kappa shape index (κ3) is 3.62. The summed E-state index contributed by atoms with van der Waals surface area (Å²) in [6.45, 7) is 0.177. The van der Waals surface area contributed by atoms with Crippen molar-refractivity contribution in [2.45, 2.75) is 11.3 Å². The second-order valence-electron chi connectivity index (χ2n) is 4.17. The maximum Gasteiger partial charge on any atom is 0.263 e. The van der Waals surface area contributed by atoms with Crippen molar-refractivity contribution in [2.24, 2.45) is 0 Å². The number of nitrogens with one attached hydrogen (secondary N) is 1. The number of hydrogen-bond acceptors (Lipinski definition) is 5. The highest BCUT2D eigenvalue weighted by atomic mass is 35.7. The molecule has 1 aromatic heterocycles. The van der Waals surface area contributed by atoms with Gasteiger partial charge in [0.15, 0.2) is 0 Å². The summed E-state index contributed by atoms with van der Waals surface area (Å²) in [7, 11) is 3.04. The highest BCUT2D eigenvalue weighted by Crippen LogP contribution is 2.31. The SMILES string of the molecule is CNC(=O)CCOc1ccc(S(=O)(=O)Cl)c2ncccc12. The first kappa shape index (κ1) is 15.5. The maximum absolute atomic E-state index is 11.5. The Morgan fingerprint density at radius 2 is 2.14 bits per heavy atom. The van der Waals surface area contributed by atoms with Crippen LogP contribution in [0.1, 0.15) is 6.42 Å². The molecule has 1 aromatic carbocycles. The van der Waals surface area contributed by atoms with Crippen molar-refractivity contribution in [3.63, 3.8) is 0 Å². The van der Waals surface area contributed by atoms with Gasteiger partial charge in [-0.1, -0.05) is 0 Å². The number of aromatic nitrogens is 1. The van der Waals surface area contributed by atoms with Crippen LogP contribution in [0, 0.1) is 0 Å². The van der Waals surface area contributed by atoms with Crippen molar-refractivity contribution < 1.29 is 17.9 Å². The zero-order valence-electron chi connectivity index (χ0n) is 11.2. The molecule has 0 saturated heterocycles. The summed E-state index contributed by atoms with van der Waals surface area (Å²) in [5.41, 5.74) is 0.241. The van der Waals surface area contributed by atoms with E-state index in [0.29, 0.717) is 11.1 Å². The lowest BCUT2D eigenvalue weighted by atomic mass is 10.2. The van der Waals surface area contributed by atoms with E-state index >= 15 is 0 Å². The molecule has 0 spiro atoms. The Morgan fingerprint density at radius 1 is 1.38 bits per heavy atom. The molecule has 0 atom stereocenters. The summed E-state index contributed by atoms with van der Waals surface area (Å²) in [5, 5.41) is 3.01. The van der Waals surface area contributed by atoms with Gasteiger partial charge in [-0.05, 0) is 24.3 Å². The molecule has 8 heteroatoms. The van der Waals surface area contributed by atoms with Crippen LogP contribution in [0.5, 0.6) is 5.75 Å². The van der Waals surface area contributed by atoms with Crippen LogP contribution in [0.3, 0.4) is 0 Å². The van der Waals surface area contributed by atoms with Crippen LogP contribution in [0.2, 0.25) is 0 Å². The summed E-state index contributed by atoms with van der Waals surface area (Å²) in [5.74, 6) is 0.309. The van der Waals surface area contributed by atoms with Crippen LogP contribution in [0.4, 0.5) is 0 Å². The van der Waals surface area contributed by atoms with E-state index in [9.17, 15) is 13.2 Å². The number of carbonyl (C=O) groups is 1. The molecule has 112 valence electrons. The van der Waals surface area contributed by atoms with Crippen molar-refractivity contribution in [1.82, 2.24) is 10.3 Å². The fraction of sp³-hybridized carbons (Fsp3) is 0.231. The van der Waals surface area contributed by atoms with E-state index in [2.05, 4.69) is 10.3 Å². The summed E-state index contributed by atoms with van der Waals surface area (Å²) in [4.78, 5) is 15.1. The van der Waals surface area contributed by atoms with Gasteiger partial charge in [0.05, 0.1) is 18.5 Å². The number of amides is 1. The van der Waals surface area contributed by atoms with Gasteiger partial charge in [0.2, 0.25) is 5.91 Å². The predicted octanol–water partition coefficient (Wildman–Crippen LogP) is 1.68. The minimum Gasteiger partial charge on any atom is -0.492 e. The molecule has 0 aliphatic heterocycles. The molecule has 0 aliphatic carbocycles. The molecule has 1 heterocycles. The lowest BCUT2D eigenvalue weighted by molar-refractivity contribution is -0.121. The Morgan fingerprint density at radius 3 is 2.81 bits per heavy atom. The largest absolute Gasteiger partial charge is 0.492 e. The van der Waals surface area contributed by atoms with Gasteiger partial charge in [-0.15, -0.1) is 0 Å². The number of fused-ring (bicyclic) bond motifs is 1. The zero-order chi connectivity index (χ0) is 15.5. The summed E-state index contributed by atoms with van der Waals surface area (Å²) in [6, 6.07) is 6.19. The number of halogens is 1. The van der Waals surface area contributed by atoms with Crippen molar-refractivity contribution in [2.75, 3.05) is 13.7 Å². The van der Waals surface area contributed by atoms with Gasteiger partial charge in [-0.2, -0.15) is 0 Å². The first-order valence-electron chi connectivity index (χ1n) is 6.09. The van der Waals surface area contributed by atoms with Crippen molar-refractivity contribution in [3.8, 4) is 5.75 Å². The third-order valence-corrected chi connectivity index (χ3v) is 4.17. The highest BCUT2D eigenvalue weighted by Gasteiger charge is 2.17. The van der Waals surface area contributed by atoms with Crippen LogP contribution < -0.4 is 10.1 Å². The van der Waals surface area contributed by atoms with Crippen molar-refractivity contribution >= 4 is 36.5 Å². The standard InChI is InChI=1S/C13H13ClN2O4S/c1-15-12(17)6-8-20-10-4-5-11(21(14,18)19)13-9(10)3-2-7-16-13/h2-5,7H,6,8H2,1H3,(H,15,17). The Kier molecular flexibility index (Phi) is 4.64. The molecule has 0 unspecified atom stereocenters. The molecule has 1 amide bonds. The maximum atomic E-state index is 11.5. The molecule has 6 nitrogen and oxygen atoms in total. The lowest BCUT2D eigenvalue weighted by Crippen LogP contribution is -2.20. The fourth-order valence-corrected chi connectivity index (χ4v) is 2.82. The van der Waals surface area contributed by atoms with Gasteiger partial charge >= 0.3 is 0 Å².